The maximum atomic E-state index is 6.51. The zero-order valence-corrected chi connectivity index (χ0v) is 20.5. The molecule has 0 spiro atoms. The van der Waals surface area contributed by atoms with Gasteiger partial charge in [-0.05, 0) is 56.7 Å². The van der Waals surface area contributed by atoms with Gasteiger partial charge in [-0.25, -0.2) is 0 Å². The number of ether oxygens (including phenoxy) is 1. The zero-order chi connectivity index (χ0) is 23.1. The Bertz CT molecular complexity index is 1000. The number of nitrogens with one attached hydrogen (secondary N) is 1. The van der Waals surface area contributed by atoms with Crippen molar-refractivity contribution in [1.82, 2.24) is 0 Å². The topological polar surface area (TPSA) is 27.7 Å². The molecule has 1 unspecified atom stereocenters. The normalized spacial score (nSPS) is 11.7. The van der Waals surface area contributed by atoms with E-state index in [-0.39, 0.29) is 6.04 Å². The van der Waals surface area contributed by atoms with Gasteiger partial charge in [-0.1, -0.05) is 41.9 Å². The van der Waals surface area contributed by atoms with Crippen LogP contribution in [-0.4, -0.2) is 33.8 Å². The smallest absolute Gasteiger partial charge is 0.126 e. The highest BCUT2D eigenvalue weighted by molar-refractivity contribution is 6.33. The summed E-state index contributed by atoms with van der Waals surface area (Å²) in [5, 5.41) is 4.36. The lowest BCUT2D eigenvalue weighted by atomic mass is 9.96. The Balaban J connectivity index is 2.10. The van der Waals surface area contributed by atoms with E-state index in [1.54, 1.807) is 0 Å². The van der Waals surface area contributed by atoms with E-state index in [1.165, 1.54) is 5.69 Å². The van der Waals surface area contributed by atoms with Crippen LogP contribution in [-0.2, 0) is 0 Å². The molecule has 32 heavy (non-hydrogen) atoms. The molecule has 170 valence electrons. The monoisotopic (exact) mass is 451 g/mol. The quantitative estimate of drug-likeness (QED) is 0.364. The first-order chi connectivity index (χ1) is 15.5. The van der Waals surface area contributed by atoms with Crippen molar-refractivity contribution in [1.29, 1.82) is 0 Å². The van der Waals surface area contributed by atoms with Gasteiger partial charge < -0.3 is 19.9 Å². The van der Waals surface area contributed by atoms with Crippen LogP contribution < -0.4 is 19.9 Å². The molecule has 0 saturated heterocycles. The molecule has 0 aliphatic rings. The molecule has 1 atom stereocenters. The zero-order valence-electron chi connectivity index (χ0n) is 19.7. The maximum absolute atomic E-state index is 6.51. The maximum Gasteiger partial charge on any atom is 0.126 e. The van der Waals surface area contributed by atoms with Gasteiger partial charge in [0.15, 0.2) is 0 Å². The number of hydrogen-bond donors (Lipinski definition) is 1. The second kappa shape index (κ2) is 11.1. The Labute approximate surface area is 197 Å². The van der Waals surface area contributed by atoms with E-state index in [1.807, 2.05) is 45.3 Å². The van der Waals surface area contributed by atoms with Crippen molar-refractivity contribution < 1.29 is 4.74 Å². The first-order valence-corrected chi connectivity index (χ1v) is 11.7. The molecule has 0 heterocycles. The molecule has 0 fully saturated rings. The van der Waals surface area contributed by atoms with Gasteiger partial charge in [0.25, 0.3) is 0 Å². The van der Waals surface area contributed by atoms with Crippen molar-refractivity contribution >= 4 is 28.7 Å². The van der Waals surface area contributed by atoms with Crippen molar-refractivity contribution in [2.45, 2.75) is 26.8 Å². The van der Waals surface area contributed by atoms with Gasteiger partial charge in [0.2, 0.25) is 0 Å². The van der Waals surface area contributed by atoms with Crippen molar-refractivity contribution in [3.05, 3.63) is 82.9 Å². The molecule has 0 amide bonds. The molecule has 3 aromatic carbocycles. The lowest BCUT2D eigenvalue weighted by Crippen LogP contribution is -2.22. The van der Waals surface area contributed by atoms with Crippen molar-refractivity contribution in [3.63, 3.8) is 0 Å². The molecule has 0 aromatic heterocycles. The minimum Gasteiger partial charge on any atom is -0.493 e. The van der Waals surface area contributed by atoms with Gasteiger partial charge in [-0.2, -0.15) is 0 Å². The summed E-state index contributed by atoms with van der Waals surface area (Å²) < 4.78 is 6.14. The number of halogens is 1. The Morgan fingerprint density at radius 3 is 2.12 bits per heavy atom. The highest BCUT2D eigenvalue weighted by Gasteiger charge is 2.21. The third-order valence-corrected chi connectivity index (χ3v) is 5.98. The number of anilines is 3. The Hall–Kier alpha value is -2.85. The molecule has 0 aliphatic carbocycles. The first-order valence-electron chi connectivity index (χ1n) is 11.3. The summed E-state index contributed by atoms with van der Waals surface area (Å²) >= 11 is 6.51. The lowest BCUT2D eigenvalue weighted by molar-refractivity contribution is 0.336. The van der Waals surface area contributed by atoms with Gasteiger partial charge in [0.1, 0.15) is 5.75 Å². The Morgan fingerprint density at radius 1 is 0.875 bits per heavy atom. The summed E-state index contributed by atoms with van der Waals surface area (Å²) in [6, 6.07) is 22.9. The van der Waals surface area contributed by atoms with Crippen molar-refractivity contribution in [2.24, 2.45) is 0 Å². The summed E-state index contributed by atoms with van der Waals surface area (Å²) in [6.07, 6.45) is 0. The van der Waals surface area contributed by atoms with Gasteiger partial charge in [-0.15, -0.1) is 0 Å². The van der Waals surface area contributed by atoms with Gasteiger partial charge >= 0.3 is 0 Å². The number of rotatable bonds is 10. The molecule has 4 nitrogen and oxygen atoms in total. The number of hydrogen-bond acceptors (Lipinski definition) is 4. The number of para-hydroxylation sites is 1. The molecular weight excluding hydrogens is 418 g/mol. The van der Waals surface area contributed by atoms with E-state index in [4.69, 9.17) is 16.3 Å². The van der Waals surface area contributed by atoms with Crippen LogP contribution in [0.15, 0.2) is 66.7 Å². The minimum absolute atomic E-state index is 0.113. The molecule has 0 bridgehead atoms. The average Bonchev–Trinajstić information content (AvgIpc) is 2.80. The summed E-state index contributed by atoms with van der Waals surface area (Å²) in [6.45, 7) is 8.88. The van der Waals surface area contributed by atoms with Crippen LogP contribution in [0.1, 0.15) is 37.9 Å². The van der Waals surface area contributed by atoms with Gasteiger partial charge in [0.05, 0.1) is 23.4 Å². The summed E-state index contributed by atoms with van der Waals surface area (Å²) in [5.41, 5.74) is 5.45. The van der Waals surface area contributed by atoms with Crippen molar-refractivity contribution in [3.8, 4) is 5.75 Å². The van der Waals surface area contributed by atoms with E-state index in [0.29, 0.717) is 11.6 Å². The minimum atomic E-state index is -0.113. The SMILES string of the molecule is CCOc1cc(N(CC)CC)ccc1C(Nc1ccccc1Cl)c1ccc(N(C)C)cc1. The van der Waals surface area contributed by atoms with Gasteiger partial charge in [-0.3, -0.25) is 0 Å². The number of nitrogens with zero attached hydrogens (tertiary/aromatic N) is 2. The highest BCUT2D eigenvalue weighted by atomic mass is 35.5. The summed E-state index contributed by atoms with van der Waals surface area (Å²) in [5.74, 6) is 0.887. The first kappa shape index (κ1) is 23.8. The van der Waals surface area contributed by atoms with Crippen LogP contribution >= 0.6 is 11.6 Å². The molecule has 0 radical (unpaired) electrons. The van der Waals surface area contributed by atoms with E-state index in [9.17, 15) is 0 Å². The van der Waals surface area contributed by atoms with E-state index >= 15 is 0 Å². The third-order valence-electron chi connectivity index (χ3n) is 5.65. The molecule has 0 saturated carbocycles. The average molecular weight is 452 g/mol. The molecular formula is C27H34ClN3O. The Kier molecular flexibility index (Phi) is 8.29. The van der Waals surface area contributed by atoms with Crippen LogP contribution in [0.25, 0.3) is 0 Å². The van der Waals surface area contributed by atoms with Gasteiger partial charge in [0, 0.05) is 50.2 Å². The highest BCUT2D eigenvalue weighted by Crippen LogP contribution is 2.37. The number of benzene rings is 3. The van der Waals surface area contributed by atoms with Crippen molar-refractivity contribution in [2.75, 3.05) is 48.9 Å². The van der Waals surface area contributed by atoms with E-state index in [2.05, 4.69) is 71.4 Å². The third kappa shape index (κ3) is 5.49. The fourth-order valence-electron chi connectivity index (χ4n) is 3.87. The predicted octanol–water partition coefficient (Wildman–Crippen LogP) is 6.85. The second-order valence-electron chi connectivity index (χ2n) is 7.87. The van der Waals surface area contributed by atoms with Crippen LogP contribution in [0.3, 0.4) is 0 Å². The fourth-order valence-corrected chi connectivity index (χ4v) is 4.06. The molecule has 5 heteroatoms. The lowest BCUT2D eigenvalue weighted by Gasteiger charge is -2.27. The predicted molar refractivity (Wildman–Crippen MR) is 139 cm³/mol. The van der Waals surface area contributed by atoms with E-state index in [0.717, 1.165) is 41.3 Å². The van der Waals surface area contributed by atoms with Crippen LogP contribution in [0.2, 0.25) is 5.02 Å². The second-order valence-corrected chi connectivity index (χ2v) is 8.28. The molecule has 0 aliphatic heterocycles. The summed E-state index contributed by atoms with van der Waals surface area (Å²) in [7, 11) is 4.10. The largest absolute Gasteiger partial charge is 0.493 e. The Morgan fingerprint density at radius 2 is 1.53 bits per heavy atom. The molecule has 3 rings (SSSR count). The standard InChI is InChI=1S/C27H34ClN3O/c1-6-31(7-2)22-17-18-23(26(19-22)32-8-3)27(29-25-12-10-9-11-24(25)28)20-13-15-21(16-14-20)30(4)5/h9-19,27,29H,6-8H2,1-5H3. The molecule has 1 N–H and O–H groups in total. The fraction of sp³-hybridized carbons (Fsp3) is 0.333. The van der Waals surface area contributed by atoms with Crippen LogP contribution in [0.5, 0.6) is 5.75 Å². The molecule has 3 aromatic rings. The summed E-state index contributed by atoms with van der Waals surface area (Å²) in [4.78, 5) is 4.43. The van der Waals surface area contributed by atoms with Crippen LogP contribution in [0.4, 0.5) is 17.1 Å². The van der Waals surface area contributed by atoms with Crippen LogP contribution in [0, 0.1) is 0 Å². The van der Waals surface area contributed by atoms with E-state index < -0.39 is 0 Å².